The van der Waals surface area contributed by atoms with Gasteiger partial charge >= 0.3 is 5.97 Å². The fourth-order valence-electron chi connectivity index (χ4n) is 6.61. The van der Waals surface area contributed by atoms with E-state index in [1.165, 1.54) is 6.42 Å². The number of carboxylic acid groups (broad SMARTS) is 1. The molecule has 2 bridgehead atoms. The molecule has 6 atom stereocenters. The van der Waals surface area contributed by atoms with E-state index in [2.05, 4.69) is 32.9 Å². The van der Waals surface area contributed by atoms with Gasteiger partial charge in [0.05, 0.1) is 17.6 Å². The number of rotatable bonds is 2. The van der Waals surface area contributed by atoms with Crippen LogP contribution in [0.5, 0.6) is 0 Å². The Morgan fingerprint density at radius 3 is 2.57 bits per heavy atom. The smallest absolute Gasteiger partial charge is 0.310 e. The molecule has 1 unspecified atom stereocenters. The molecule has 3 fully saturated rings. The van der Waals surface area contributed by atoms with Crippen LogP contribution in [0.3, 0.4) is 0 Å². The summed E-state index contributed by atoms with van der Waals surface area (Å²) >= 11 is 0. The van der Waals surface area contributed by atoms with Crippen LogP contribution in [0.4, 0.5) is 0 Å². The summed E-state index contributed by atoms with van der Waals surface area (Å²) in [5, 5.41) is 10.2. The number of allylic oxidation sites excluding steroid dienone is 1. The first kappa shape index (κ1) is 15.7. The van der Waals surface area contributed by atoms with E-state index >= 15 is 0 Å². The molecule has 0 aromatic heterocycles. The lowest BCUT2D eigenvalue weighted by molar-refractivity contribution is -0.176. The molecule has 0 radical (unpaired) electrons. The fourth-order valence-corrected chi connectivity index (χ4v) is 6.61. The number of carboxylic acids is 1. The lowest BCUT2D eigenvalue weighted by Gasteiger charge is -2.55. The Balaban J connectivity index is 1.78. The van der Waals surface area contributed by atoms with E-state index in [0.29, 0.717) is 23.7 Å². The first-order valence-corrected chi connectivity index (χ1v) is 9.40. The predicted molar refractivity (Wildman–Crippen MR) is 89.0 cm³/mol. The molecule has 3 nitrogen and oxygen atoms in total. The van der Waals surface area contributed by atoms with Crippen molar-refractivity contribution in [2.45, 2.75) is 64.9 Å². The molecule has 1 spiro atoms. The third-order valence-corrected chi connectivity index (χ3v) is 7.96. The average molecular weight is 318 g/mol. The van der Waals surface area contributed by atoms with Crippen molar-refractivity contribution < 1.29 is 14.6 Å². The van der Waals surface area contributed by atoms with Crippen molar-refractivity contribution in [3.63, 3.8) is 0 Å². The second kappa shape index (κ2) is 4.84. The molecule has 1 saturated heterocycles. The minimum atomic E-state index is -0.534. The van der Waals surface area contributed by atoms with Gasteiger partial charge in [-0.2, -0.15) is 0 Å². The number of aliphatic carboxylic acids is 1. The molecule has 3 aliphatic carbocycles. The molecular weight excluding hydrogens is 288 g/mol. The number of carbonyl (C=O) groups is 1. The summed E-state index contributed by atoms with van der Waals surface area (Å²) < 4.78 is 6.23. The van der Waals surface area contributed by atoms with E-state index in [4.69, 9.17) is 4.74 Å². The lowest BCUT2D eigenvalue weighted by atomic mass is 9.50. The van der Waals surface area contributed by atoms with E-state index in [1.807, 2.05) is 0 Å². The van der Waals surface area contributed by atoms with Crippen molar-refractivity contribution in [1.29, 1.82) is 0 Å². The predicted octanol–water partition coefficient (Wildman–Crippen LogP) is 4.27. The van der Waals surface area contributed by atoms with Gasteiger partial charge in [0.2, 0.25) is 0 Å². The normalized spacial score (nSPS) is 51.4. The van der Waals surface area contributed by atoms with Gasteiger partial charge in [0, 0.05) is 5.41 Å². The number of hydrogen-bond donors (Lipinski definition) is 1. The quantitative estimate of drug-likeness (QED) is 0.773. The van der Waals surface area contributed by atoms with E-state index in [1.54, 1.807) is 0 Å². The zero-order valence-corrected chi connectivity index (χ0v) is 14.7. The Morgan fingerprint density at radius 2 is 1.96 bits per heavy atom. The van der Waals surface area contributed by atoms with Crippen molar-refractivity contribution in [1.82, 2.24) is 0 Å². The molecule has 2 aliphatic heterocycles. The highest BCUT2D eigenvalue weighted by molar-refractivity contribution is 5.76. The molecule has 5 rings (SSSR count). The summed E-state index contributed by atoms with van der Waals surface area (Å²) in [6.45, 7) is 7.42. The lowest BCUT2D eigenvalue weighted by Crippen LogP contribution is -2.55. The monoisotopic (exact) mass is 318 g/mol. The molecular formula is C20H30O3. The molecule has 23 heavy (non-hydrogen) atoms. The minimum absolute atomic E-state index is 0.121. The van der Waals surface area contributed by atoms with Crippen LogP contribution in [-0.4, -0.2) is 23.3 Å². The molecule has 3 heteroatoms. The van der Waals surface area contributed by atoms with Crippen LogP contribution in [-0.2, 0) is 9.53 Å². The zero-order chi connectivity index (χ0) is 16.5. The van der Waals surface area contributed by atoms with Crippen LogP contribution in [0, 0.1) is 34.5 Å². The van der Waals surface area contributed by atoms with E-state index in [0.717, 1.165) is 38.7 Å². The van der Waals surface area contributed by atoms with Crippen LogP contribution >= 0.6 is 0 Å². The first-order valence-electron chi connectivity index (χ1n) is 9.40. The van der Waals surface area contributed by atoms with E-state index in [9.17, 15) is 9.90 Å². The maximum Gasteiger partial charge on any atom is 0.310 e. The molecule has 128 valence electrons. The summed E-state index contributed by atoms with van der Waals surface area (Å²) in [6.07, 6.45) is 10.9. The van der Waals surface area contributed by atoms with Gasteiger partial charge in [0.1, 0.15) is 0 Å². The second-order valence-electron chi connectivity index (χ2n) is 9.23. The van der Waals surface area contributed by atoms with Gasteiger partial charge in [0.15, 0.2) is 0 Å². The number of ether oxygens (including phenoxy) is 1. The Kier molecular flexibility index (Phi) is 3.30. The van der Waals surface area contributed by atoms with Crippen molar-refractivity contribution >= 4 is 5.97 Å². The first-order chi connectivity index (χ1) is 10.8. The molecule has 0 amide bonds. The third-order valence-electron chi connectivity index (χ3n) is 7.96. The Morgan fingerprint density at radius 1 is 1.22 bits per heavy atom. The van der Waals surface area contributed by atoms with Gasteiger partial charge in [0.25, 0.3) is 0 Å². The third kappa shape index (κ3) is 1.95. The van der Waals surface area contributed by atoms with Gasteiger partial charge in [-0.15, -0.1) is 0 Å². The van der Waals surface area contributed by atoms with Gasteiger partial charge in [-0.25, -0.2) is 0 Å². The SMILES string of the molecule is CC(C)[C@H]1CC[C@H]2[C@@H]3C=CC4(C)CC[C@@]3(CC[C@]12C(=O)O)CO4. The van der Waals surface area contributed by atoms with Crippen molar-refractivity contribution in [3.05, 3.63) is 12.2 Å². The maximum absolute atomic E-state index is 12.4. The van der Waals surface area contributed by atoms with Crippen LogP contribution in [0.1, 0.15) is 59.3 Å². The van der Waals surface area contributed by atoms with Crippen molar-refractivity contribution in [3.8, 4) is 0 Å². The highest BCUT2D eigenvalue weighted by atomic mass is 16.5. The van der Waals surface area contributed by atoms with E-state index in [-0.39, 0.29) is 11.0 Å². The second-order valence-corrected chi connectivity index (χ2v) is 9.23. The standard InChI is InChI=1S/C20H30O3/c1-13(2)14-4-5-16-15-6-7-18(3)8-9-19(15,12-23-18)10-11-20(14,16)17(21)22/h6-7,13-16H,4-5,8-12H2,1-3H3,(H,21,22)/t14-,15+,16+,18?,19-,20+/m1/s1. The molecule has 0 aromatic rings. The fraction of sp³-hybridized carbons (Fsp3) is 0.850. The highest BCUT2D eigenvalue weighted by Crippen LogP contribution is 2.67. The molecule has 0 aromatic carbocycles. The summed E-state index contributed by atoms with van der Waals surface area (Å²) in [7, 11) is 0. The Hall–Kier alpha value is -0.830. The summed E-state index contributed by atoms with van der Waals surface area (Å²) in [5.74, 6) is 0.924. The van der Waals surface area contributed by atoms with Gasteiger partial charge in [-0.05, 0) is 69.1 Å². The van der Waals surface area contributed by atoms with Crippen LogP contribution < -0.4 is 0 Å². The van der Waals surface area contributed by atoms with Crippen LogP contribution in [0.2, 0.25) is 0 Å². The average Bonchev–Trinajstić information content (AvgIpc) is 2.76. The largest absolute Gasteiger partial charge is 0.481 e. The Labute approximate surface area is 139 Å². The maximum atomic E-state index is 12.4. The van der Waals surface area contributed by atoms with Gasteiger partial charge in [-0.3, -0.25) is 4.79 Å². The highest BCUT2D eigenvalue weighted by Gasteiger charge is 2.65. The summed E-state index contributed by atoms with van der Waals surface area (Å²) in [6, 6.07) is 0. The van der Waals surface area contributed by atoms with Crippen LogP contribution in [0.25, 0.3) is 0 Å². The minimum Gasteiger partial charge on any atom is -0.481 e. The van der Waals surface area contributed by atoms with Gasteiger partial charge in [-0.1, -0.05) is 26.0 Å². The summed E-state index contributed by atoms with van der Waals surface area (Å²) in [4.78, 5) is 12.4. The zero-order valence-electron chi connectivity index (χ0n) is 14.7. The number of hydrogen-bond acceptors (Lipinski definition) is 2. The molecule has 1 N–H and O–H groups in total. The summed E-state index contributed by atoms with van der Waals surface area (Å²) in [5.41, 5.74) is -0.426. The van der Waals surface area contributed by atoms with E-state index < -0.39 is 11.4 Å². The number of fused-ring (bicyclic) bond motifs is 3. The van der Waals surface area contributed by atoms with Crippen molar-refractivity contribution in [2.24, 2.45) is 34.5 Å². The Bertz CT molecular complexity index is 541. The molecule has 2 heterocycles. The van der Waals surface area contributed by atoms with Crippen molar-refractivity contribution in [2.75, 3.05) is 6.61 Å². The topological polar surface area (TPSA) is 46.5 Å². The van der Waals surface area contributed by atoms with Crippen LogP contribution in [0.15, 0.2) is 12.2 Å². The van der Waals surface area contributed by atoms with Gasteiger partial charge < -0.3 is 9.84 Å². The molecule has 2 saturated carbocycles. The molecule has 5 aliphatic rings.